The van der Waals surface area contributed by atoms with Crippen LogP contribution in [-0.4, -0.2) is 5.91 Å². The third kappa shape index (κ3) is 2.78. The molecule has 0 saturated heterocycles. The van der Waals surface area contributed by atoms with E-state index >= 15 is 0 Å². The van der Waals surface area contributed by atoms with Gasteiger partial charge in [-0.15, -0.1) is 0 Å². The molecule has 1 aromatic carbocycles. The predicted octanol–water partition coefficient (Wildman–Crippen LogP) is 2.61. The van der Waals surface area contributed by atoms with Gasteiger partial charge in [-0.25, -0.2) is 0 Å². The second-order valence-electron chi connectivity index (χ2n) is 4.30. The van der Waals surface area contributed by atoms with Crippen molar-refractivity contribution in [3.8, 4) is 0 Å². The van der Waals surface area contributed by atoms with Crippen LogP contribution in [0.3, 0.4) is 0 Å². The SMILES string of the molecule is Cc1cc(C)cc(NC(=O)c2ccc(CN)o2)c1. The van der Waals surface area contributed by atoms with Crippen molar-refractivity contribution in [3.63, 3.8) is 0 Å². The van der Waals surface area contributed by atoms with Crippen molar-refractivity contribution in [1.29, 1.82) is 0 Å². The van der Waals surface area contributed by atoms with E-state index in [1.807, 2.05) is 26.0 Å². The molecule has 4 nitrogen and oxygen atoms in total. The van der Waals surface area contributed by atoms with Crippen molar-refractivity contribution in [2.45, 2.75) is 20.4 Å². The van der Waals surface area contributed by atoms with Gasteiger partial charge in [-0.2, -0.15) is 0 Å². The van der Waals surface area contributed by atoms with Gasteiger partial charge in [-0.1, -0.05) is 6.07 Å². The van der Waals surface area contributed by atoms with Crippen molar-refractivity contribution in [2.75, 3.05) is 5.32 Å². The second kappa shape index (κ2) is 5.06. The first-order chi connectivity index (χ1) is 8.58. The van der Waals surface area contributed by atoms with Crippen LogP contribution in [0.1, 0.15) is 27.4 Å². The lowest BCUT2D eigenvalue weighted by Crippen LogP contribution is -2.11. The number of anilines is 1. The predicted molar refractivity (Wildman–Crippen MR) is 70.5 cm³/mol. The number of nitrogens with one attached hydrogen (secondary N) is 1. The van der Waals surface area contributed by atoms with E-state index in [1.54, 1.807) is 12.1 Å². The lowest BCUT2D eigenvalue weighted by molar-refractivity contribution is 0.0995. The first-order valence-corrected chi connectivity index (χ1v) is 5.77. The van der Waals surface area contributed by atoms with Gasteiger partial charge < -0.3 is 15.5 Å². The summed E-state index contributed by atoms with van der Waals surface area (Å²) in [5, 5.41) is 2.80. The summed E-state index contributed by atoms with van der Waals surface area (Å²) < 4.78 is 5.29. The van der Waals surface area contributed by atoms with E-state index in [-0.39, 0.29) is 18.2 Å². The number of amides is 1. The summed E-state index contributed by atoms with van der Waals surface area (Å²) in [6, 6.07) is 9.21. The van der Waals surface area contributed by atoms with Gasteiger partial charge in [0, 0.05) is 5.69 Å². The lowest BCUT2D eigenvalue weighted by atomic mass is 10.1. The normalized spacial score (nSPS) is 10.4. The van der Waals surface area contributed by atoms with Crippen molar-refractivity contribution >= 4 is 11.6 Å². The third-order valence-corrected chi connectivity index (χ3v) is 2.57. The van der Waals surface area contributed by atoms with Crippen LogP contribution in [0, 0.1) is 13.8 Å². The molecule has 2 rings (SSSR count). The number of hydrogen-bond acceptors (Lipinski definition) is 3. The fourth-order valence-corrected chi connectivity index (χ4v) is 1.85. The van der Waals surface area contributed by atoms with Gasteiger partial charge in [0.15, 0.2) is 5.76 Å². The number of carbonyl (C=O) groups is 1. The molecule has 1 aromatic heterocycles. The van der Waals surface area contributed by atoms with Gasteiger partial charge in [0.1, 0.15) is 5.76 Å². The smallest absolute Gasteiger partial charge is 0.291 e. The number of carbonyl (C=O) groups excluding carboxylic acids is 1. The first-order valence-electron chi connectivity index (χ1n) is 5.77. The summed E-state index contributed by atoms with van der Waals surface area (Å²) in [5.41, 5.74) is 8.41. The van der Waals surface area contributed by atoms with Crippen molar-refractivity contribution in [1.82, 2.24) is 0 Å². The number of furan rings is 1. The fraction of sp³-hybridized carbons (Fsp3) is 0.214. The Morgan fingerprint density at radius 2 is 1.89 bits per heavy atom. The van der Waals surface area contributed by atoms with E-state index in [0.717, 1.165) is 16.8 Å². The summed E-state index contributed by atoms with van der Waals surface area (Å²) >= 11 is 0. The topological polar surface area (TPSA) is 68.3 Å². The highest BCUT2D eigenvalue weighted by Crippen LogP contribution is 2.15. The summed E-state index contributed by atoms with van der Waals surface area (Å²) in [4.78, 5) is 11.9. The summed E-state index contributed by atoms with van der Waals surface area (Å²) in [5.74, 6) is 0.606. The molecule has 94 valence electrons. The Balaban J connectivity index is 2.15. The van der Waals surface area contributed by atoms with Crippen LogP contribution in [0.25, 0.3) is 0 Å². The molecule has 0 aliphatic carbocycles. The highest BCUT2D eigenvalue weighted by atomic mass is 16.4. The summed E-state index contributed by atoms with van der Waals surface area (Å²) in [6.07, 6.45) is 0. The summed E-state index contributed by atoms with van der Waals surface area (Å²) in [6.45, 7) is 4.26. The minimum atomic E-state index is -0.264. The monoisotopic (exact) mass is 244 g/mol. The van der Waals surface area contributed by atoms with E-state index in [0.29, 0.717) is 5.76 Å². The summed E-state index contributed by atoms with van der Waals surface area (Å²) in [7, 11) is 0. The van der Waals surface area contributed by atoms with Gasteiger partial charge in [0.05, 0.1) is 6.54 Å². The third-order valence-electron chi connectivity index (χ3n) is 2.57. The maximum Gasteiger partial charge on any atom is 0.291 e. The molecule has 0 unspecified atom stereocenters. The van der Waals surface area contributed by atoms with Crippen LogP contribution < -0.4 is 11.1 Å². The molecule has 4 heteroatoms. The molecule has 0 bridgehead atoms. The van der Waals surface area contributed by atoms with Gasteiger partial charge in [0.25, 0.3) is 5.91 Å². The minimum Gasteiger partial charge on any atom is -0.455 e. The molecule has 1 amide bonds. The van der Waals surface area contributed by atoms with E-state index in [4.69, 9.17) is 10.2 Å². The average Bonchev–Trinajstić information content (AvgIpc) is 2.75. The highest BCUT2D eigenvalue weighted by Gasteiger charge is 2.11. The number of aryl methyl sites for hydroxylation is 2. The Labute approximate surface area is 106 Å². The Morgan fingerprint density at radius 3 is 2.44 bits per heavy atom. The van der Waals surface area contributed by atoms with E-state index in [1.165, 1.54) is 0 Å². The first kappa shape index (κ1) is 12.4. The van der Waals surface area contributed by atoms with Crippen molar-refractivity contribution < 1.29 is 9.21 Å². The average molecular weight is 244 g/mol. The molecular weight excluding hydrogens is 228 g/mol. The highest BCUT2D eigenvalue weighted by molar-refractivity contribution is 6.02. The van der Waals surface area contributed by atoms with Crippen LogP contribution in [0.5, 0.6) is 0 Å². The Bertz CT molecular complexity index is 553. The molecule has 1 heterocycles. The van der Waals surface area contributed by atoms with E-state index in [2.05, 4.69) is 11.4 Å². The van der Waals surface area contributed by atoms with E-state index in [9.17, 15) is 4.79 Å². The molecule has 0 atom stereocenters. The Hall–Kier alpha value is -2.07. The maximum atomic E-state index is 11.9. The largest absolute Gasteiger partial charge is 0.455 e. The van der Waals surface area contributed by atoms with Crippen LogP contribution >= 0.6 is 0 Å². The molecule has 0 spiro atoms. The standard InChI is InChI=1S/C14H16N2O2/c1-9-5-10(2)7-11(6-9)16-14(17)13-4-3-12(8-15)18-13/h3-7H,8,15H2,1-2H3,(H,16,17). The molecular formula is C14H16N2O2. The molecule has 0 fully saturated rings. The number of hydrogen-bond donors (Lipinski definition) is 2. The Morgan fingerprint density at radius 1 is 1.22 bits per heavy atom. The van der Waals surface area contributed by atoms with Gasteiger partial charge in [-0.05, 0) is 49.2 Å². The maximum absolute atomic E-state index is 11.9. The van der Waals surface area contributed by atoms with Crippen LogP contribution in [-0.2, 0) is 6.54 Å². The molecule has 18 heavy (non-hydrogen) atoms. The Kier molecular flexibility index (Phi) is 3.48. The zero-order valence-corrected chi connectivity index (χ0v) is 10.5. The quantitative estimate of drug-likeness (QED) is 0.872. The van der Waals surface area contributed by atoms with Crippen LogP contribution in [0.2, 0.25) is 0 Å². The molecule has 3 N–H and O–H groups in total. The molecule has 0 radical (unpaired) electrons. The van der Waals surface area contributed by atoms with Gasteiger partial charge >= 0.3 is 0 Å². The minimum absolute atomic E-state index is 0.264. The molecule has 0 aliphatic heterocycles. The van der Waals surface area contributed by atoms with Gasteiger partial charge in [-0.3, -0.25) is 4.79 Å². The molecule has 0 saturated carbocycles. The lowest BCUT2D eigenvalue weighted by Gasteiger charge is -2.06. The van der Waals surface area contributed by atoms with E-state index < -0.39 is 0 Å². The second-order valence-corrected chi connectivity index (χ2v) is 4.30. The fourth-order valence-electron chi connectivity index (χ4n) is 1.85. The van der Waals surface area contributed by atoms with Crippen LogP contribution in [0.15, 0.2) is 34.7 Å². The van der Waals surface area contributed by atoms with Gasteiger partial charge in [0.2, 0.25) is 0 Å². The molecule has 2 aromatic rings. The number of rotatable bonds is 3. The number of nitrogens with two attached hydrogens (primary N) is 1. The van der Waals surface area contributed by atoms with Crippen molar-refractivity contribution in [2.24, 2.45) is 5.73 Å². The number of benzene rings is 1. The molecule has 0 aliphatic rings. The zero-order valence-electron chi connectivity index (χ0n) is 10.5. The zero-order chi connectivity index (χ0) is 13.1. The van der Waals surface area contributed by atoms with Crippen molar-refractivity contribution in [3.05, 3.63) is 53.0 Å². The van der Waals surface area contributed by atoms with Crippen LogP contribution in [0.4, 0.5) is 5.69 Å².